The van der Waals surface area contributed by atoms with Crippen molar-refractivity contribution in [3.05, 3.63) is 71.8 Å². The zero-order valence-electron chi connectivity index (χ0n) is 16.9. The Kier molecular flexibility index (Phi) is 7.47. The zero-order valence-corrected chi connectivity index (χ0v) is 17.7. The van der Waals surface area contributed by atoms with Gasteiger partial charge in [-0.3, -0.25) is 23.2 Å². The number of amides is 2. The Morgan fingerprint density at radius 1 is 0.862 bits per heavy atom. The van der Waals surface area contributed by atoms with Crippen molar-refractivity contribution >= 4 is 30.2 Å². The molecule has 5 nitrogen and oxygen atoms in total. The number of carbonyl (C=O) groups is 2. The van der Waals surface area contributed by atoms with Crippen LogP contribution in [-0.4, -0.2) is 45.8 Å². The number of hydrogen-bond donors (Lipinski definition) is 0. The van der Waals surface area contributed by atoms with Crippen LogP contribution in [0, 0.1) is 5.92 Å². The zero-order chi connectivity index (χ0) is 20.6. The molecule has 0 spiro atoms. The van der Waals surface area contributed by atoms with Crippen LogP contribution in [0.3, 0.4) is 0 Å². The molecule has 29 heavy (non-hydrogen) atoms. The molecule has 0 saturated carbocycles. The van der Waals surface area contributed by atoms with Gasteiger partial charge in [-0.05, 0) is 37.8 Å². The minimum absolute atomic E-state index is 0.0423. The van der Waals surface area contributed by atoms with Gasteiger partial charge in [0.1, 0.15) is 0 Å². The van der Waals surface area contributed by atoms with E-state index in [9.17, 15) is 9.59 Å². The molecule has 2 amide bonds. The molecular weight excluding hydrogens is 382 g/mol. The van der Waals surface area contributed by atoms with Crippen molar-refractivity contribution < 1.29 is 9.59 Å². The highest BCUT2D eigenvalue weighted by molar-refractivity contribution is 7.95. The summed E-state index contributed by atoms with van der Waals surface area (Å²) in [7, 11) is 0. The van der Waals surface area contributed by atoms with Gasteiger partial charge >= 0.3 is 0 Å². The molecule has 1 saturated heterocycles. The molecule has 0 aromatic heterocycles. The summed E-state index contributed by atoms with van der Waals surface area (Å²) in [5, 5.41) is 0. The van der Waals surface area contributed by atoms with Crippen LogP contribution in [0.2, 0.25) is 0 Å². The first kappa shape index (κ1) is 21.1. The van der Waals surface area contributed by atoms with Gasteiger partial charge in [-0.2, -0.15) is 0 Å². The van der Waals surface area contributed by atoms with E-state index in [2.05, 4.69) is 29.3 Å². The van der Waals surface area contributed by atoms with E-state index in [0.717, 1.165) is 12.8 Å². The van der Waals surface area contributed by atoms with Crippen molar-refractivity contribution in [2.45, 2.75) is 32.7 Å². The summed E-state index contributed by atoms with van der Waals surface area (Å²) in [6.45, 7) is 4.97. The molecule has 3 rings (SSSR count). The fourth-order valence-corrected chi connectivity index (χ4v) is 4.03. The average molecular weight is 410 g/mol. The lowest BCUT2D eigenvalue weighted by Crippen LogP contribution is -2.50. The van der Waals surface area contributed by atoms with Crippen molar-refractivity contribution in [1.82, 2.24) is 8.61 Å². The van der Waals surface area contributed by atoms with Crippen molar-refractivity contribution in [3.63, 3.8) is 0 Å². The summed E-state index contributed by atoms with van der Waals surface area (Å²) < 4.78 is 3.41. The average Bonchev–Trinajstić information content (AvgIpc) is 2.73. The standard InChI is InChI=1S/C23H27N3O2S/c1-18(2)24-17-21-22(27)25(15-13-19-9-5-3-6-10-19)29-26(23(21)28)16-14-20-11-7-4-8-12-20/h3-12,17-18,21H,13-16H2,1-2H3. The Labute approximate surface area is 177 Å². The molecule has 1 aliphatic rings. The molecule has 0 bridgehead atoms. The smallest absolute Gasteiger partial charge is 0.251 e. The highest BCUT2D eigenvalue weighted by atomic mass is 32.2. The largest absolute Gasteiger partial charge is 0.293 e. The quantitative estimate of drug-likeness (QED) is 0.379. The van der Waals surface area contributed by atoms with Gasteiger partial charge in [0.05, 0.1) is 12.1 Å². The number of hydrogen-bond acceptors (Lipinski definition) is 4. The maximum atomic E-state index is 13.0. The van der Waals surface area contributed by atoms with E-state index in [1.165, 1.54) is 29.5 Å². The summed E-state index contributed by atoms with van der Waals surface area (Å²) in [6.07, 6.45) is 3.02. The van der Waals surface area contributed by atoms with Crippen LogP contribution >= 0.6 is 12.1 Å². The van der Waals surface area contributed by atoms with Crippen molar-refractivity contribution in [1.29, 1.82) is 0 Å². The summed E-state index contributed by atoms with van der Waals surface area (Å²) in [5.74, 6) is -1.21. The first-order valence-electron chi connectivity index (χ1n) is 9.96. The second-order valence-electron chi connectivity index (χ2n) is 7.30. The second kappa shape index (κ2) is 10.3. The predicted octanol–water partition coefficient (Wildman–Crippen LogP) is 3.80. The molecule has 152 valence electrons. The van der Waals surface area contributed by atoms with Crippen LogP contribution in [0.15, 0.2) is 65.7 Å². The Balaban J connectivity index is 1.72. The van der Waals surface area contributed by atoms with Crippen LogP contribution in [0.4, 0.5) is 0 Å². The van der Waals surface area contributed by atoms with E-state index in [0.29, 0.717) is 13.1 Å². The second-order valence-corrected chi connectivity index (χ2v) is 8.35. The minimum Gasteiger partial charge on any atom is -0.293 e. The van der Waals surface area contributed by atoms with Crippen molar-refractivity contribution in [3.8, 4) is 0 Å². The number of rotatable bonds is 8. The van der Waals surface area contributed by atoms with Gasteiger partial charge in [-0.1, -0.05) is 60.7 Å². The fraction of sp³-hybridized carbons (Fsp3) is 0.348. The van der Waals surface area contributed by atoms with Gasteiger partial charge < -0.3 is 0 Å². The van der Waals surface area contributed by atoms with Crippen LogP contribution in [0.5, 0.6) is 0 Å². The van der Waals surface area contributed by atoms with Crippen molar-refractivity contribution in [2.75, 3.05) is 13.1 Å². The molecule has 0 atom stereocenters. The van der Waals surface area contributed by atoms with Gasteiger partial charge in [0.15, 0.2) is 5.92 Å². The number of benzene rings is 2. The summed E-state index contributed by atoms with van der Waals surface area (Å²) in [6, 6.07) is 20.2. The molecule has 1 aliphatic heterocycles. The molecular formula is C23H27N3O2S. The van der Waals surface area contributed by atoms with E-state index in [4.69, 9.17) is 0 Å². The Hall–Kier alpha value is -2.60. The number of aliphatic imine (C=N–C) groups is 1. The van der Waals surface area contributed by atoms with E-state index < -0.39 is 5.92 Å². The first-order valence-corrected chi connectivity index (χ1v) is 10.7. The van der Waals surface area contributed by atoms with Crippen LogP contribution in [0.25, 0.3) is 0 Å². The lowest BCUT2D eigenvalue weighted by molar-refractivity contribution is -0.140. The Morgan fingerprint density at radius 2 is 1.31 bits per heavy atom. The van der Waals surface area contributed by atoms with Crippen molar-refractivity contribution in [2.24, 2.45) is 10.9 Å². The van der Waals surface area contributed by atoms with E-state index in [1.807, 2.05) is 50.2 Å². The molecule has 2 aromatic rings. The molecule has 0 N–H and O–H groups in total. The highest BCUT2D eigenvalue weighted by Gasteiger charge is 2.40. The van der Waals surface area contributed by atoms with E-state index in [1.54, 1.807) is 8.61 Å². The van der Waals surface area contributed by atoms with Gasteiger partial charge in [-0.15, -0.1) is 0 Å². The minimum atomic E-state index is -0.842. The summed E-state index contributed by atoms with van der Waals surface area (Å²) in [4.78, 5) is 30.2. The predicted molar refractivity (Wildman–Crippen MR) is 118 cm³/mol. The van der Waals surface area contributed by atoms with E-state index in [-0.39, 0.29) is 17.9 Å². The summed E-state index contributed by atoms with van der Waals surface area (Å²) >= 11 is 1.23. The molecule has 6 heteroatoms. The SMILES string of the molecule is CC(C)N=CC1C(=O)N(CCc2ccccc2)SN(CCc2ccccc2)C1=O. The molecule has 2 aromatic carbocycles. The lowest BCUT2D eigenvalue weighted by Gasteiger charge is -2.36. The highest BCUT2D eigenvalue weighted by Crippen LogP contribution is 2.28. The number of nitrogens with zero attached hydrogens (tertiary/aromatic N) is 3. The van der Waals surface area contributed by atoms with Crippen LogP contribution < -0.4 is 0 Å². The maximum absolute atomic E-state index is 13.0. The third-order valence-corrected chi connectivity index (χ3v) is 5.77. The third kappa shape index (κ3) is 5.94. The van der Waals surface area contributed by atoms with Gasteiger partial charge in [-0.25, -0.2) is 0 Å². The maximum Gasteiger partial charge on any atom is 0.251 e. The van der Waals surface area contributed by atoms with E-state index >= 15 is 0 Å². The van der Waals surface area contributed by atoms with Crippen LogP contribution in [-0.2, 0) is 22.4 Å². The molecule has 0 aliphatic carbocycles. The Morgan fingerprint density at radius 3 is 1.72 bits per heavy atom. The topological polar surface area (TPSA) is 53.0 Å². The lowest BCUT2D eigenvalue weighted by atomic mass is 10.1. The molecule has 0 radical (unpaired) electrons. The summed E-state index contributed by atoms with van der Waals surface area (Å²) in [5.41, 5.74) is 2.34. The fourth-order valence-electron chi connectivity index (χ4n) is 3.05. The van der Waals surface area contributed by atoms with Gasteiger partial charge in [0, 0.05) is 25.3 Å². The van der Waals surface area contributed by atoms with Crippen LogP contribution in [0.1, 0.15) is 25.0 Å². The third-order valence-electron chi connectivity index (χ3n) is 4.65. The molecule has 0 unspecified atom stereocenters. The molecule has 1 fully saturated rings. The molecule has 1 heterocycles. The van der Waals surface area contributed by atoms with Gasteiger partial charge in [0.25, 0.3) is 11.8 Å². The first-order chi connectivity index (χ1) is 14.0. The van der Waals surface area contributed by atoms with Gasteiger partial charge in [0.2, 0.25) is 0 Å². The monoisotopic (exact) mass is 409 g/mol. The Bertz CT molecular complexity index is 778. The normalized spacial score (nSPS) is 15.7. The number of carbonyl (C=O) groups excluding carboxylic acids is 2.